The van der Waals surface area contributed by atoms with Crippen molar-refractivity contribution in [3.8, 4) is 0 Å². The molecule has 0 saturated carbocycles. The molecule has 0 radical (unpaired) electrons. The van der Waals surface area contributed by atoms with Gasteiger partial charge in [0.2, 0.25) is 0 Å². The number of ether oxygens (including phenoxy) is 1. The molecular formula is C22H27NO3. The molecule has 2 aromatic carbocycles. The summed E-state index contributed by atoms with van der Waals surface area (Å²) in [5, 5.41) is 2.87. The van der Waals surface area contributed by atoms with Crippen molar-refractivity contribution in [2.24, 2.45) is 0 Å². The molecule has 0 saturated heterocycles. The molecule has 0 unspecified atom stereocenters. The van der Waals surface area contributed by atoms with Crippen molar-refractivity contribution in [2.75, 3.05) is 6.61 Å². The molecule has 1 atom stereocenters. The zero-order valence-corrected chi connectivity index (χ0v) is 15.7. The lowest BCUT2D eigenvalue weighted by atomic mass is 10.0. The van der Waals surface area contributed by atoms with Crippen molar-refractivity contribution < 1.29 is 14.3 Å². The normalized spacial score (nSPS) is 11.7. The SMILES string of the molecule is Cc1ccc(CC(=O)OCC(=O)N[C@@H](C)CCc2ccccc2)cc1C. The fourth-order valence-corrected chi connectivity index (χ4v) is 2.69. The third kappa shape index (κ3) is 6.71. The number of carbonyl (C=O) groups excluding carboxylic acids is 2. The van der Waals surface area contributed by atoms with Crippen molar-refractivity contribution in [1.82, 2.24) is 5.32 Å². The van der Waals surface area contributed by atoms with E-state index in [1.165, 1.54) is 11.1 Å². The predicted molar refractivity (Wildman–Crippen MR) is 103 cm³/mol. The topological polar surface area (TPSA) is 55.4 Å². The van der Waals surface area contributed by atoms with Crippen LogP contribution >= 0.6 is 0 Å². The number of rotatable bonds is 8. The first-order chi connectivity index (χ1) is 12.4. The fourth-order valence-electron chi connectivity index (χ4n) is 2.69. The molecule has 0 spiro atoms. The smallest absolute Gasteiger partial charge is 0.310 e. The van der Waals surface area contributed by atoms with Gasteiger partial charge in [0.15, 0.2) is 6.61 Å². The van der Waals surface area contributed by atoms with Crippen LogP contribution in [0.1, 0.15) is 35.6 Å². The van der Waals surface area contributed by atoms with E-state index < -0.39 is 0 Å². The van der Waals surface area contributed by atoms with Crippen LogP contribution in [-0.2, 0) is 27.2 Å². The Labute approximate surface area is 155 Å². The van der Waals surface area contributed by atoms with Crippen LogP contribution in [0.15, 0.2) is 48.5 Å². The summed E-state index contributed by atoms with van der Waals surface area (Å²) >= 11 is 0. The Bertz CT molecular complexity index is 740. The standard InChI is InChI=1S/C22H27NO3/c1-16-9-11-20(13-17(16)2)14-22(25)26-15-21(24)23-18(3)10-12-19-7-5-4-6-8-19/h4-9,11,13,18H,10,12,14-15H2,1-3H3,(H,23,24)/t18-/m0/s1. The van der Waals surface area contributed by atoms with E-state index in [1.807, 2.05) is 57.2 Å². The maximum atomic E-state index is 11.9. The average Bonchev–Trinajstić information content (AvgIpc) is 2.62. The van der Waals surface area contributed by atoms with Crippen LogP contribution in [0.4, 0.5) is 0 Å². The quantitative estimate of drug-likeness (QED) is 0.739. The van der Waals surface area contributed by atoms with Gasteiger partial charge in [0, 0.05) is 6.04 Å². The molecule has 1 N–H and O–H groups in total. The fraction of sp³-hybridized carbons (Fsp3) is 0.364. The second kappa shape index (κ2) is 9.76. The first-order valence-electron chi connectivity index (χ1n) is 8.99. The van der Waals surface area contributed by atoms with E-state index in [0.717, 1.165) is 24.0 Å². The molecule has 0 aliphatic rings. The molecule has 2 aromatic rings. The van der Waals surface area contributed by atoms with Crippen LogP contribution < -0.4 is 5.32 Å². The second-order valence-electron chi connectivity index (χ2n) is 6.75. The van der Waals surface area contributed by atoms with Crippen LogP contribution in [0, 0.1) is 13.8 Å². The molecule has 138 valence electrons. The molecule has 0 aromatic heterocycles. The summed E-state index contributed by atoms with van der Waals surface area (Å²) < 4.78 is 5.09. The molecule has 0 bridgehead atoms. The first-order valence-corrected chi connectivity index (χ1v) is 8.99. The lowest BCUT2D eigenvalue weighted by Crippen LogP contribution is -2.36. The lowest BCUT2D eigenvalue weighted by Gasteiger charge is -2.14. The molecule has 1 amide bonds. The Morgan fingerprint density at radius 2 is 1.73 bits per heavy atom. The summed E-state index contributed by atoms with van der Waals surface area (Å²) in [6.45, 7) is 5.76. The second-order valence-corrected chi connectivity index (χ2v) is 6.75. The van der Waals surface area contributed by atoms with Gasteiger partial charge in [-0.15, -0.1) is 0 Å². The highest BCUT2D eigenvalue weighted by atomic mass is 16.5. The van der Waals surface area contributed by atoms with Crippen LogP contribution in [0.3, 0.4) is 0 Å². The van der Waals surface area contributed by atoms with Crippen molar-refractivity contribution in [3.05, 3.63) is 70.8 Å². The van der Waals surface area contributed by atoms with Crippen LogP contribution in [0.5, 0.6) is 0 Å². The summed E-state index contributed by atoms with van der Waals surface area (Å²) in [6, 6.07) is 16.0. The summed E-state index contributed by atoms with van der Waals surface area (Å²) in [5.41, 5.74) is 4.47. The molecule has 0 heterocycles. The number of hydrogen-bond donors (Lipinski definition) is 1. The van der Waals surface area contributed by atoms with Gasteiger partial charge < -0.3 is 10.1 Å². The third-order valence-electron chi connectivity index (χ3n) is 4.40. The van der Waals surface area contributed by atoms with Crippen LogP contribution in [0.2, 0.25) is 0 Å². The molecule has 0 aliphatic heterocycles. The van der Waals surface area contributed by atoms with E-state index in [2.05, 4.69) is 17.4 Å². The van der Waals surface area contributed by atoms with Crippen LogP contribution in [0.25, 0.3) is 0 Å². The monoisotopic (exact) mass is 353 g/mol. The van der Waals surface area contributed by atoms with E-state index in [-0.39, 0.29) is 30.9 Å². The van der Waals surface area contributed by atoms with Gasteiger partial charge in [0.1, 0.15) is 0 Å². The van der Waals surface area contributed by atoms with Gasteiger partial charge >= 0.3 is 5.97 Å². The molecular weight excluding hydrogens is 326 g/mol. The van der Waals surface area contributed by atoms with Gasteiger partial charge in [0.05, 0.1) is 6.42 Å². The first kappa shape index (κ1) is 19.7. The van der Waals surface area contributed by atoms with Gasteiger partial charge in [-0.05, 0) is 55.9 Å². The highest BCUT2D eigenvalue weighted by molar-refractivity contribution is 5.81. The summed E-state index contributed by atoms with van der Waals surface area (Å²) in [7, 11) is 0. The van der Waals surface area contributed by atoms with E-state index >= 15 is 0 Å². The van der Waals surface area contributed by atoms with E-state index in [4.69, 9.17) is 4.74 Å². The predicted octanol–water partition coefficient (Wildman–Crippen LogP) is 3.53. The minimum atomic E-state index is -0.389. The minimum Gasteiger partial charge on any atom is -0.455 e. The Kier molecular flexibility index (Phi) is 7.39. The molecule has 2 rings (SSSR count). The molecule has 4 heteroatoms. The average molecular weight is 353 g/mol. The Morgan fingerprint density at radius 1 is 1.00 bits per heavy atom. The van der Waals surface area contributed by atoms with E-state index in [9.17, 15) is 9.59 Å². The Hall–Kier alpha value is -2.62. The summed E-state index contributed by atoms with van der Waals surface area (Å²) in [5.74, 6) is -0.653. The number of benzene rings is 2. The molecule has 0 fully saturated rings. The molecule has 0 aliphatic carbocycles. The number of esters is 1. The molecule has 4 nitrogen and oxygen atoms in total. The van der Waals surface area contributed by atoms with Gasteiger partial charge in [-0.25, -0.2) is 0 Å². The van der Waals surface area contributed by atoms with Gasteiger partial charge in [-0.3, -0.25) is 9.59 Å². The highest BCUT2D eigenvalue weighted by Crippen LogP contribution is 2.11. The summed E-state index contributed by atoms with van der Waals surface area (Å²) in [4.78, 5) is 23.8. The number of aryl methyl sites for hydroxylation is 3. The van der Waals surface area contributed by atoms with Crippen LogP contribution in [-0.4, -0.2) is 24.5 Å². The van der Waals surface area contributed by atoms with E-state index in [1.54, 1.807) is 0 Å². The number of amides is 1. The zero-order chi connectivity index (χ0) is 18.9. The largest absolute Gasteiger partial charge is 0.455 e. The van der Waals surface area contributed by atoms with Gasteiger partial charge in [-0.1, -0.05) is 48.5 Å². The highest BCUT2D eigenvalue weighted by Gasteiger charge is 2.11. The summed E-state index contributed by atoms with van der Waals surface area (Å²) in [6.07, 6.45) is 1.92. The lowest BCUT2D eigenvalue weighted by molar-refractivity contribution is -0.148. The van der Waals surface area contributed by atoms with Crippen molar-refractivity contribution in [2.45, 2.75) is 46.1 Å². The van der Waals surface area contributed by atoms with Gasteiger partial charge in [0.25, 0.3) is 5.91 Å². The molecule has 26 heavy (non-hydrogen) atoms. The van der Waals surface area contributed by atoms with Gasteiger partial charge in [-0.2, -0.15) is 0 Å². The van der Waals surface area contributed by atoms with Crippen molar-refractivity contribution in [1.29, 1.82) is 0 Å². The van der Waals surface area contributed by atoms with Crippen molar-refractivity contribution in [3.63, 3.8) is 0 Å². The zero-order valence-electron chi connectivity index (χ0n) is 15.7. The Balaban J connectivity index is 1.68. The maximum Gasteiger partial charge on any atom is 0.310 e. The maximum absolute atomic E-state index is 11.9. The van der Waals surface area contributed by atoms with E-state index in [0.29, 0.717) is 0 Å². The minimum absolute atomic E-state index is 0.0288. The number of nitrogens with one attached hydrogen (secondary N) is 1. The number of carbonyl (C=O) groups is 2. The number of hydrogen-bond acceptors (Lipinski definition) is 3. The Morgan fingerprint density at radius 3 is 2.42 bits per heavy atom. The third-order valence-corrected chi connectivity index (χ3v) is 4.40. The van der Waals surface area contributed by atoms with Crippen molar-refractivity contribution >= 4 is 11.9 Å².